The van der Waals surface area contributed by atoms with Crippen LogP contribution in [0.4, 0.5) is 8.78 Å². The summed E-state index contributed by atoms with van der Waals surface area (Å²) in [5, 5.41) is 0.00240. The third-order valence-electron chi connectivity index (χ3n) is 3.12. The lowest BCUT2D eigenvalue weighted by molar-refractivity contribution is 0.386. The molecule has 0 aliphatic rings. The van der Waals surface area contributed by atoms with Crippen LogP contribution in [0.2, 0.25) is 5.02 Å². The van der Waals surface area contributed by atoms with Crippen LogP contribution in [0.15, 0.2) is 30.3 Å². The number of benzene rings is 2. The second kappa shape index (κ2) is 5.13. The molecule has 0 aliphatic heterocycles. The summed E-state index contributed by atoms with van der Waals surface area (Å²) in [4.78, 5) is 2.94. The number of hydrogen-bond donors (Lipinski definition) is 1. The molecular weight excluding hydrogens is 318 g/mol. The van der Waals surface area contributed by atoms with E-state index in [0.717, 1.165) is 0 Å². The first kappa shape index (κ1) is 14.0. The maximum Gasteiger partial charge on any atom is 0.182 e. The van der Waals surface area contributed by atoms with E-state index in [1.807, 2.05) is 0 Å². The van der Waals surface area contributed by atoms with Gasteiger partial charge in [0.1, 0.15) is 5.82 Å². The molecule has 1 N–H and O–H groups in total. The van der Waals surface area contributed by atoms with Gasteiger partial charge in [-0.05, 0) is 30.4 Å². The number of fused-ring (bicyclic) bond motifs is 1. The fourth-order valence-electron chi connectivity index (χ4n) is 2.15. The van der Waals surface area contributed by atoms with Crippen LogP contribution in [0.1, 0.15) is 0 Å². The number of imidazole rings is 1. The zero-order valence-electron chi connectivity index (χ0n) is 10.8. The van der Waals surface area contributed by atoms with E-state index in [9.17, 15) is 8.78 Å². The van der Waals surface area contributed by atoms with E-state index in [1.54, 1.807) is 4.57 Å². The molecule has 0 fully saturated rings. The van der Waals surface area contributed by atoms with Crippen LogP contribution >= 0.6 is 23.8 Å². The van der Waals surface area contributed by atoms with Gasteiger partial charge >= 0.3 is 0 Å². The fraction of sp³-hybridized carbons (Fsp3) is 0.0714. The van der Waals surface area contributed by atoms with Crippen LogP contribution in [0.25, 0.3) is 16.7 Å². The van der Waals surface area contributed by atoms with Gasteiger partial charge in [0.2, 0.25) is 0 Å². The van der Waals surface area contributed by atoms with Crippen molar-refractivity contribution in [2.24, 2.45) is 0 Å². The second-order valence-corrected chi connectivity index (χ2v) is 5.16. The van der Waals surface area contributed by atoms with Crippen molar-refractivity contribution < 1.29 is 13.5 Å². The van der Waals surface area contributed by atoms with Crippen LogP contribution in [0.5, 0.6) is 5.75 Å². The Hall–Kier alpha value is -1.92. The Labute approximate surface area is 128 Å². The predicted molar refractivity (Wildman–Crippen MR) is 79.9 cm³/mol. The van der Waals surface area contributed by atoms with E-state index in [-0.39, 0.29) is 10.8 Å². The smallest absolute Gasteiger partial charge is 0.182 e. The molecule has 0 aliphatic carbocycles. The quantitative estimate of drug-likeness (QED) is 0.696. The number of hydrogen-bond acceptors (Lipinski definition) is 2. The van der Waals surface area contributed by atoms with Crippen molar-refractivity contribution in [2.45, 2.75) is 0 Å². The number of rotatable bonds is 2. The van der Waals surface area contributed by atoms with Gasteiger partial charge in [-0.3, -0.25) is 4.57 Å². The lowest BCUT2D eigenvalue weighted by Gasteiger charge is -2.08. The molecule has 7 heteroatoms. The molecule has 3 aromatic rings. The van der Waals surface area contributed by atoms with Gasteiger partial charge < -0.3 is 9.72 Å². The fourth-order valence-corrected chi connectivity index (χ4v) is 2.62. The highest BCUT2D eigenvalue weighted by molar-refractivity contribution is 7.71. The molecular formula is C14H9ClF2N2OS. The Morgan fingerprint density at radius 2 is 1.95 bits per heavy atom. The Kier molecular flexibility index (Phi) is 3.43. The Balaban J connectivity index is 2.32. The number of nitrogens with zero attached hydrogens (tertiary/aromatic N) is 1. The number of aromatic nitrogens is 2. The highest BCUT2D eigenvalue weighted by atomic mass is 35.5. The molecule has 0 spiro atoms. The molecule has 0 radical (unpaired) electrons. The van der Waals surface area contributed by atoms with Gasteiger partial charge in [-0.25, -0.2) is 8.78 Å². The first-order chi connectivity index (χ1) is 10.0. The van der Waals surface area contributed by atoms with E-state index < -0.39 is 11.6 Å². The summed E-state index contributed by atoms with van der Waals surface area (Å²) in [6, 6.07) is 7.03. The molecule has 1 aromatic heterocycles. The Morgan fingerprint density at radius 3 is 2.67 bits per heavy atom. The summed E-state index contributed by atoms with van der Waals surface area (Å²) in [5.41, 5.74) is 1.66. The van der Waals surface area contributed by atoms with E-state index in [2.05, 4.69) is 4.98 Å². The maximum atomic E-state index is 13.7. The van der Waals surface area contributed by atoms with Crippen LogP contribution in [0, 0.1) is 16.4 Å². The van der Waals surface area contributed by atoms with Gasteiger partial charge in [0.25, 0.3) is 0 Å². The van der Waals surface area contributed by atoms with E-state index in [4.69, 9.17) is 28.6 Å². The molecule has 3 nitrogen and oxygen atoms in total. The van der Waals surface area contributed by atoms with E-state index in [0.29, 0.717) is 21.5 Å². The minimum atomic E-state index is -0.555. The minimum Gasteiger partial charge on any atom is -0.494 e. The largest absolute Gasteiger partial charge is 0.494 e. The average Bonchev–Trinajstić information content (AvgIpc) is 2.75. The maximum absolute atomic E-state index is 13.7. The van der Waals surface area contributed by atoms with E-state index >= 15 is 0 Å². The molecule has 2 aromatic carbocycles. The van der Waals surface area contributed by atoms with Crippen molar-refractivity contribution in [3.05, 3.63) is 51.8 Å². The lowest BCUT2D eigenvalue weighted by atomic mass is 10.2. The zero-order valence-corrected chi connectivity index (χ0v) is 12.4. The van der Waals surface area contributed by atoms with Crippen molar-refractivity contribution in [3.63, 3.8) is 0 Å². The lowest BCUT2D eigenvalue weighted by Crippen LogP contribution is -1.97. The van der Waals surface area contributed by atoms with Gasteiger partial charge in [-0.2, -0.15) is 0 Å². The number of nitrogens with one attached hydrogen (secondary N) is 1. The number of H-pyrrole nitrogens is 1. The molecule has 0 bridgehead atoms. The molecule has 0 atom stereocenters. The molecule has 108 valence electrons. The highest BCUT2D eigenvalue weighted by Gasteiger charge is 2.12. The minimum absolute atomic E-state index is 0.00240. The summed E-state index contributed by atoms with van der Waals surface area (Å²) in [6.07, 6.45) is 0. The van der Waals surface area contributed by atoms with Crippen molar-refractivity contribution in [1.82, 2.24) is 9.55 Å². The molecule has 1 heterocycles. The zero-order chi connectivity index (χ0) is 15.1. The Bertz CT molecular complexity index is 904. The standard InChI is InChI=1S/C14H9ClF2N2OS/c1-20-13-4-7(2-3-9(13)16)19-12-6-10(17)8(15)5-11(12)18-14(19)21/h2-6H,1H3,(H,18,21). The van der Waals surface area contributed by atoms with Gasteiger partial charge in [0.05, 0.1) is 28.9 Å². The third kappa shape index (κ3) is 2.30. The first-order valence-corrected chi connectivity index (χ1v) is 6.73. The number of ether oxygens (including phenoxy) is 1. The molecule has 21 heavy (non-hydrogen) atoms. The monoisotopic (exact) mass is 326 g/mol. The summed E-state index contributed by atoms with van der Waals surface area (Å²) in [6.45, 7) is 0. The van der Waals surface area contributed by atoms with Gasteiger partial charge in [0.15, 0.2) is 16.3 Å². The molecule has 0 unspecified atom stereocenters. The number of halogens is 3. The second-order valence-electron chi connectivity index (χ2n) is 4.37. The number of aromatic amines is 1. The van der Waals surface area contributed by atoms with Crippen molar-refractivity contribution in [1.29, 1.82) is 0 Å². The normalized spacial score (nSPS) is 11.0. The van der Waals surface area contributed by atoms with Crippen LogP contribution in [0.3, 0.4) is 0 Å². The van der Waals surface area contributed by atoms with Crippen LogP contribution in [-0.4, -0.2) is 16.7 Å². The predicted octanol–water partition coefficient (Wildman–Crippen LogP) is 4.63. The molecule has 3 rings (SSSR count). The average molecular weight is 327 g/mol. The number of methoxy groups -OCH3 is 1. The SMILES string of the molecule is COc1cc(-n2c(=S)[nH]c3cc(Cl)c(F)cc32)ccc1F. The summed E-state index contributed by atoms with van der Waals surface area (Å²) in [7, 11) is 1.37. The Morgan fingerprint density at radius 1 is 1.19 bits per heavy atom. The van der Waals surface area contributed by atoms with Gasteiger partial charge in [-0.1, -0.05) is 11.6 Å². The van der Waals surface area contributed by atoms with E-state index in [1.165, 1.54) is 37.4 Å². The van der Waals surface area contributed by atoms with Gasteiger partial charge in [0, 0.05) is 12.1 Å². The molecule has 0 saturated carbocycles. The van der Waals surface area contributed by atoms with Crippen molar-refractivity contribution >= 4 is 34.9 Å². The molecule has 0 amide bonds. The van der Waals surface area contributed by atoms with Crippen molar-refractivity contribution in [3.8, 4) is 11.4 Å². The van der Waals surface area contributed by atoms with Crippen LogP contribution < -0.4 is 4.74 Å². The summed E-state index contributed by atoms with van der Waals surface area (Å²) >= 11 is 11.0. The first-order valence-electron chi connectivity index (χ1n) is 5.95. The highest BCUT2D eigenvalue weighted by Crippen LogP contribution is 2.27. The van der Waals surface area contributed by atoms with Gasteiger partial charge in [-0.15, -0.1) is 0 Å². The third-order valence-corrected chi connectivity index (χ3v) is 3.69. The summed E-state index contributed by atoms with van der Waals surface area (Å²) < 4.78 is 34.1. The van der Waals surface area contributed by atoms with Crippen LogP contribution in [-0.2, 0) is 0 Å². The topological polar surface area (TPSA) is 29.9 Å². The molecule has 0 saturated heterocycles. The van der Waals surface area contributed by atoms with Crippen molar-refractivity contribution in [2.75, 3.05) is 7.11 Å². The summed E-state index contributed by atoms with van der Waals surface area (Å²) in [5.74, 6) is -0.957.